The average molecular weight is 380 g/mol. The number of ether oxygens (including phenoxy) is 1. The minimum atomic E-state index is -0.215. The Bertz CT molecular complexity index is 980. The Morgan fingerprint density at radius 1 is 1.25 bits per heavy atom. The van der Waals surface area contributed by atoms with Crippen LogP contribution in [0.25, 0.3) is 5.52 Å². The maximum Gasteiger partial charge on any atom is 0.260 e. The van der Waals surface area contributed by atoms with E-state index in [0.29, 0.717) is 29.6 Å². The second-order valence-corrected chi connectivity index (χ2v) is 7.72. The molecule has 1 aliphatic heterocycles. The van der Waals surface area contributed by atoms with Crippen LogP contribution in [0, 0.1) is 0 Å². The third-order valence-corrected chi connectivity index (χ3v) is 5.46. The number of carbonyl (C=O) groups is 1. The van der Waals surface area contributed by atoms with E-state index in [1.54, 1.807) is 16.7 Å². The molecule has 1 fully saturated rings. The van der Waals surface area contributed by atoms with Gasteiger partial charge in [-0.3, -0.25) is 4.79 Å². The van der Waals surface area contributed by atoms with Crippen molar-refractivity contribution in [2.75, 3.05) is 33.3 Å². The van der Waals surface area contributed by atoms with Crippen molar-refractivity contribution in [2.45, 2.75) is 19.3 Å². The predicted octanol–water partition coefficient (Wildman–Crippen LogP) is 2.40. The molecule has 2 aromatic heterocycles. The molecule has 7 nitrogen and oxygen atoms in total. The van der Waals surface area contributed by atoms with Crippen LogP contribution in [0.15, 0.2) is 53.3 Å². The van der Waals surface area contributed by atoms with Gasteiger partial charge in [0.1, 0.15) is 18.9 Å². The smallest absolute Gasteiger partial charge is 0.260 e. The van der Waals surface area contributed by atoms with Crippen LogP contribution >= 0.6 is 0 Å². The Morgan fingerprint density at radius 2 is 2.07 bits per heavy atom. The van der Waals surface area contributed by atoms with Crippen molar-refractivity contribution in [3.05, 3.63) is 48.3 Å². The molecule has 2 aromatic rings. The number of fused-ring (bicyclic) bond motifs is 1. The second-order valence-electron chi connectivity index (χ2n) is 7.72. The predicted molar refractivity (Wildman–Crippen MR) is 109 cm³/mol. The zero-order valence-electron chi connectivity index (χ0n) is 16.2. The summed E-state index contributed by atoms with van der Waals surface area (Å²) in [5, 5.41) is 4.53. The molecule has 0 amide bonds. The molecule has 0 aromatic carbocycles. The van der Waals surface area contributed by atoms with Crippen LogP contribution in [0.2, 0.25) is 0 Å². The zero-order chi connectivity index (χ0) is 19.6. The van der Waals surface area contributed by atoms with Crippen molar-refractivity contribution in [2.24, 2.45) is 10.7 Å². The number of hydrogen-bond acceptors (Lipinski definition) is 5. The molecule has 146 valence electrons. The van der Waals surface area contributed by atoms with E-state index in [1.807, 2.05) is 24.4 Å². The van der Waals surface area contributed by atoms with Gasteiger partial charge in [-0.05, 0) is 43.5 Å². The van der Waals surface area contributed by atoms with Crippen molar-refractivity contribution in [3.8, 4) is 5.88 Å². The van der Waals surface area contributed by atoms with Gasteiger partial charge < -0.3 is 15.0 Å². The maximum atomic E-state index is 12.2. The number of ketones is 1. The highest BCUT2D eigenvalue weighted by Crippen LogP contribution is 2.32. The van der Waals surface area contributed by atoms with Gasteiger partial charge in [0.05, 0.1) is 25.7 Å². The summed E-state index contributed by atoms with van der Waals surface area (Å²) in [5.41, 5.74) is 7.81. The third-order valence-electron chi connectivity index (χ3n) is 5.46. The number of pyridine rings is 1. The largest absolute Gasteiger partial charge is 0.469 e. The van der Waals surface area contributed by atoms with Gasteiger partial charge in [-0.15, -0.1) is 5.10 Å². The van der Waals surface area contributed by atoms with Gasteiger partial charge >= 0.3 is 0 Å². The van der Waals surface area contributed by atoms with Gasteiger partial charge in [0.25, 0.3) is 5.88 Å². The minimum absolute atomic E-state index is 0.215. The first-order valence-electron chi connectivity index (χ1n) is 9.76. The molecular formula is C21H26N5O2+. The minimum Gasteiger partial charge on any atom is -0.469 e. The van der Waals surface area contributed by atoms with Crippen LogP contribution in [0.4, 0.5) is 5.69 Å². The normalized spacial score (nSPS) is 20.5. The molecule has 1 aliphatic carbocycles. The van der Waals surface area contributed by atoms with Crippen molar-refractivity contribution < 1.29 is 14.0 Å². The van der Waals surface area contributed by atoms with E-state index in [2.05, 4.69) is 17.1 Å². The summed E-state index contributed by atoms with van der Waals surface area (Å²) < 4.78 is 8.82. The summed E-state index contributed by atoms with van der Waals surface area (Å²) in [7, 11) is 2.29. The number of quaternary nitrogens is 1. The Hall–Kier alpha value is -2.93. The van der Waals surface area contributed by atoms with E-state index >= 15 is 0 Å². The number of rotatable bonds is 5. The van der Waals surface area contributed by atoms with Gasteiger partial charge in [-0.1, -0.05) is 6.07 Å². The van der Waals surface area contributed by atoms with Crippen LogP contribution in [0.3, 0.4) is 0 Å². The summed E-state index contributed by atoms with van der Waals surface area (Å²) in [5.74, 6) is 0.235. The summed E-state index contributed by atoms with van der Waals surface area (Å²) in [4.78, 5) is 16.8. The summed E-state index contributed by atoms with van der Waals surface area (Å²) >= 11 is 0. The monoisotopic (exact) mass is 380 g/mol. The fourth-order valence-electron chi connectivity index (χ4n) is 3.77. The molecule has 0 unspecified atom stereocenters. The standard InChI is InChI=1S/C21H25N5O2/c1-26(11-5-2-6-12-26)13-14-28-21-20(18-7-3-4-10-25(18)24-21)23-17-9-8-16(22)15-19(17)27/h3-4,7-10,15H,2,5-6,11-14H2,1H3,(H-,22,27)/p+1. The van der Waals surface area contributed by atoms with E-state index in [1.165, 1.54) is 38.4 Å². The molecule has 1 saturated heterocycles. The highest BCUT2D eigenvalue weighted by atomic mass is 16.5. The zero-order valence-corrected chi connectivity index (χ0v) is 16.2. The molecule has 0 atom stereocenters. The topological polar surface area (TPSA) is 82.0 Å². The van der Waals surface area contributed by atoms with E-state index in [9.17, 15) is 4.79 Å². The molecular weight excluding hydrogens is 354 g/mol. The molecule has 2 N–H and O–H groups in total. The average Bonchev–Trinajstić information content (AvgIpc) is 3.02. The number of likely N-dealkylation sites (N-methyl/N-ethyl adjacent to an activating group) is 1. The van der Waals surface area contributed by atoms with Gasteiger partial charge in [0, 0.05) is 18.0 Å². The Morgan fingerprint density at radius 3 is 2.86 bits per heavy atom. The molecule has 2 aliphatic rings. The lowest BCUT2D eigenvalue weighted by molar-refractivity contribution is -0.914. The number of hydrogen-bond donors (Lipinski definition) is 1. The summed E-state index contributed by atoms with van der Waals surface area (Å²) in [6.07, 6.45) is 10.4. The number of aromatic nitrogens is 2. The van der Waals surface area contributed by atoms with E-state index in [-0.39, 0.29) is 5.78 Å². The van der Waals surface area contributed by atoms with Gasteiger partial charge in [0.15, 0.2) is 5.69 Å². The number of nitrogens with two attached hydrogens (primary N) is 1. The maximum absolute atomic E-state index is 12.2. The fraction of sp³-hybridized carbons (Fsp3) is 0.381. The second kappa shape index (κ2) is 7.59. The van der Waals surface area contributed by atoms with Crippen molar-refractivity contribution >= 4 is 22.7 Å². The molecule has 28 heavy (non-hydrogen) atoms. The van der Waals surface area contributed by atoms with Crippen LogP contribution in [0.1, 0.15) is 19.3 Å². The Balaban J connectivity index is 1.59. The van der Waals surface area contributed by atoms with Crippen molar-refractivity contribution in [3.63, 3.8) is 0 Å². The van der Waals surface area contributed by atoms with Crippen molar-refractivity contribution in [1.29, 1.82) is 0 Å². The highest BCUT2D eigenvalue weighted by Gasteiger charge is 2.25. The number of nitrogens with zero attached hydrogens (tertiary/aromatic N) is 4. The molecule has 4 rings (SSSR count). The number of likely N-dealkylation sites (tertiary alicyclic amines) is 1. The lowest BCUT2D eigenvalue weighted by atomic mass is 10.1. The first-order valence-corrected chi connectivity index (χ1v) is 9.76. The van der Waals surface area contributed by atoms with Crippen LogP contribution < -0.4 is 10.5 Å². The van der Waals surface area contributed by atoms with Crippen molar-refractivity contribution in [1.82, 2.24) is 9.61 Å². The van der Waals surface area contributed by atoms with Crippen LogP contribution in [-0.2, 0) is 4.79 Å². The SMILES string of the molecule is C[N+]1(CCOc2nn3ccccc3c2N=C2C=CC(N)=CC2=O)CCCCC1. The molecule has 7 heteroatoms. The van der Waals surface area contributed by atoms with Gasteiger partial charge in [-0.25, -0.2) is 9.51 Å². The van der Waals surface area contributed by atoms with Gasteiger partial charge in [-0.2, -0.15) is 0 Å². The number of carbonyl (C=O) groups excluding carboxylic acids is 1. The molecule has 0 bridgehead atoms. The summed E-state index contributed by atoms with van der Waals surface area (Å²) in [6, 6.07) is 5.73. The van der Waals surface area contributed by atoms with E-state index in [4.69, 9.17) is 10.5 Å². The first-order chi connectivity index (χ1) is 13.5. The third kappa shape index (κ3) is 3.84. The molecule has 0 saturated carbocycles. The van der Waals surface area contributed by atoms with E-state index < -0.39 is 0 Å². The van der Waals surface area contributed by atoms with E-state index in [0.717, 1.165) is 16.5 Å². The fourth-order valence-corrected chi connectivity index (χ4v) is 3.77. The lowest BCUT2D eigenvalue weighted by Crippen LogP contribution is -2.50. The van der Waals surface area contributed by atoms with Gasteiger partial charge in [0.2, 0.25) is 5.78 Å². The van der Waals surface area contributed by atoms with Crippen LogP contribution in [-0.4, -0.2) is 58.9 Å². The first kappa shape index (κ1) is 18.4. The van der Waals surface area contributed by atoms with Crippen LogP contribution in [0.5, 0.6) is 5.88 Å². The molecule has 0 radical (unpaired) electrons. The Kier molecular flexibility index (Phi) is 5.00. The highest BCUT2D eigenvalue weighted by molar-refractivity contribution is 6.49. The number of piperidine rings is 1. The summed E-state index contributed by atoms with van der Waals surface area (Å²) in [6.45, 7) is 3.88. The Labute approximate surface area is 164 Å². The molecule has 3 heterocycles. The molecule has 0 spiro atoms. The lowest BCUT2D eigenvalue weighted by Gasteiger charge is -2.37. The number of allylic oxidation sites excluding steroid dienone is 3. The quantitative estimate of drug-likeness (QED) is 0.638. The number of aliphatic imine (C=N–C) groups is 1.